The zero-order chi connectivity index (χ0) is 13.1. The molecule has 0 saturated heterocycles. The fraction of sp³-hybridized carbons (Fsp3) is 0.500. The number of aliphatic hydroxyl groups excluding tert-OH is 1. The Morgan fingerprint density at radius 3 is 2.89 bits per heavy atom. The lowest BCUT2D eigenvalue weighted by atomic mass is 9.77. The van der Waals surface area contributed by atoms with Crippen molar-refractivity contribution in [3.8, 4) is 0 Å². The SMILES string of the molecule is CSC(CO)C(C)NC(=O)C1Cc2ccccc21. The summed E-state index contributed by atoms with van der Waals surface area (Å²) < 4.78 is 0. The molecule has 0 spiro atoms. The normalized spacial score (nSPS) is 20.5. The van der Waals surface area contributed by atoms with Gasteiger partial charge in [-0.2, -0.15) is 11.8 Å². The fourth-order valence-electron chi connectivity index (χ4n) is 2.35. The number of thioether (sulfide) groups is 1. The van der Waals surface area contributed by atoms with Gasteiger partial charge in [-0.05, 0) is 30.7 Å². The van der Waals surface area contributed by atoms with Gasteiger partial charge in [-0.3, -0.25) is 4.79 Å². The molecule has 1 aromatic carbocycles. The number of nitrogens with one attached hydrogen (secondary N) is 1. The van der Waals surface area contributed by atoms with E-state index in [1.165, 1.54) is 5.56 Å². The van der Waals surface area contributed by atoms with Gasteiger partial charge in [-0.1, -0.05) is 24.3 Å². The molecule has 18 heavy (non-hydrogen) atoms. The number of carbonyl (C=O) groups is 1. The zero-order valence-corrected chi connectivity index (χ0v) is 11.5. The topological polar surface area (TPSA) is 49.3 Å². The van der Waals surface area contributed by atoms with E-state index < -0.39 is 0 Å². The van der Waals surface area contributed by atoms with E-state index in [0.717, 1.165) is 12.0 Å². The first-order chi connectivity index (χ1) is 8.67. The highest BCUT2D eigenvalue weighted by molar-refractivity contribution is 7.99. The van der Waals surface area contributed by atoms with Gasteiger partial charge in [0.05, 0.1) is 12.5 Å². The van der Waals surface area contributed by atoms with Crippen LogP contribution < -0.4 is 5.32 Å². The van der Waals surface area contributed by atoms with Crippen molar-refractivity contribution in [3.63, 3.8) is 0 Å². The second-order valence-corrected chi connectivity index (χ2v) is 5.79. The van der Waals surface area contributed by atoms with E-state index >= 15 is 0 Å². The molecule has 0 fully saturated rings. The predicted molar refractivity (Wildman–Crippen MR) is 74.9 cm³/mol. The fourth-order valence-corrected chi connectivity index (χ4v) is 2.97. The molecule has 3 atom stereocenters. The summed E-state index contributed by atoms with van der Waals surface area (Å²) in [5, 5.41) is 12.3. The number of amides is 1. The van der Waals surface area contributed by atoms with Crippen molar-refractivity contribution >= 4 is 17.7 Å². The van der Waals surface area contributed by atoms with Crippen molar-refractivity contribution in [2.24, 2.45) is 0 Å². The summed E-state index contributed by atoms with van der Waals surface area (Å²) in [4.78, 5) is 12.1. The van der Waals surface area contributed by atoms with Crippen molar-refractivity contribution in [1.29, 1.82) is 0 Å². The summed E-state index contributed by atoms with van der Waals surface area (Å²) in [6.45, 7) is 2.03. The summed E-state index contributed by atoms with van der Waals surface area (Å²) in [5.74, 6) is 0.0681. The van der Waals surface area contributed by atoms with Gasteiger partial charge >= 0.3 is 0 Å². The van der Waals surface area contributed by atoms with E-state index in [9.17, 15) is 9.90 Å². The quantitative estimate of drug-likeness (QED) is 0.849. The summed E-state index contributed by atoms with van der Waals surface area (Å²) in [7, 11) is 0. The molecule has 0 bridgehead atoms. The Morgan fingerprint density at radius 2 is 2.28 bits per heavy atom. The van der Waals surface area contributed by atoms with Crippen LogP contribution in [0.3, 0.4) is 0 Å². The van der Waals surface area contributed by atoms with E-state index in [0.29, 0.717) is 0 Å². The van der Waals surface area contributed by atoms with Crippen molar-refractivity contribution in [3.05, 3.63) is 35.4 Å². The van der Waals surface area contributed by atoms with Crippen LogP contribution in [0.2, 0.25) is 0 Å². The van der Waals surface area contributed by atoms with Gasteiger partial charge in [0.15, 0.2) is 0 Å². The Bertz CT molecular complexity index is 432. The van der Waals surface area contributed by atoms with Crippen LogP contribution in [0.25, 0.3) is 0 Å². The second kappa shape index (κ2) is 5.76. The van der Waals surface area contributed by atoms with Crippen LogP contribution in [-0.4, -0.2) is 35.2 Å². The number of hydrogen-bond donors (Lipinski definition) is 2. The minimum atomic E-state index is -0.00940. The van der Waals surface area contributed by atoms with E-state index in [1.54, 1.807) is 11.8 Å². The molecule has 0 heterocycles. The van der Waals surface area contributed by atoms with Gasteiger partial charge in [-0.25, -0.2) is 0 Å². The number of benzene rings is 1. The van der Waals surface area contributed by atoms with Crippen LogP contribution in [0.15, 0.2) is 24.3 Å². The van der Waals surface area contributed by atoms with Gasteiger partial charge in [0, 0.05) is 11.3 Å². The van der Waals surface area contributed by atoms with Crippen molar-refractivity contribution in [1.82, 2.24) is 5.32 Å². The molecular weight excluding hydrogens is 246 g/mol. The molecule has 2 N–H and O–H groups in total. The summed E-state index contributed by atoms with van der Waals surface area (Å²) in [6.07, 6.45) is 2.78. The molecular formula is C14H19NO2S. The minimum Gasteiger partial charge on any atom is -0.395 e. The first-order valence-corrected chi connectivity index (χ1v) is 7.48. The molecule has 0 radical (unpaired) electrons. The second-order valence-electron chi connectivity index (χ2n) is 4.71. The molecule has 0 aromatic heterocycles. The number of carbonyl (C=O) groups excluding carboxylic acids is 1. The lowest BCUT2D eigenvalue weighted by Gasteiger charge is -2.31. The molecule has 4 heteroatoms. The van der Waals surface area contributed by atoms with E-state index in [4.69, 9.17) is 0 Å². The van der Waals surface area contributed by atoms with Crippen molar-refractivity contribution in [2.45, 2.75) is 30.6 Å². The lowest BCUT2D eigenvalue weighted by Crippen LogP contribution is -2.45. The van der Waals surface area contributed by atoms with Crippen LogP contribution in [0.1, 0.15) is 24.0 Å². The summed E-state index contributed by atoms with van der Waals surface area (Å²) in [6, 6.07) is 8.06. The van der Waals surface area contributed by atoms with E-state index in [1.807, 2.05) is 31.4 Å². The van der Waals surface area contributed by atoms with Crippen molar-refractivity contribution in [2.75, 3.05) is 12.9 Å². The molecule has 1 aliphatic rings. The molecule has 2 rings (SSSR count). The third kappa shape index (κ3) is 2.54. The average molecular weight is 265 g/mol. The lowest BCUT2D eigenvalue weighted by molar-refractivity contribution is -0.123. The molecule has 3 nitrogen and oxygen atoms in total. The highest BCUT2D eigenvalue weighted by Gasteiger charge is 2.32. The average Bonchev–Trinajstić information content (AvgIpc) is 2.32. The zero-order valence-electron chi connectivity index (χ0n) is 10.7. The van der Waals surface area contributed by atoms with Crippen LogP contribution in [0, 0.1) is 0 Å². The van der Waals surface area contributed by atoms with Crippen LogP contribution >= 0.6 is 11.8 Å². The maximum Gasteiger partial charge on any atom is 0.228 e. The number of fused-ring (bicyclic) bond motifs is 1. The van der Waals surface area contributed by atoms with E-state index in [-0.39, 0.29) is 29.7 Å². The predicted octanol–water partition coefficient (Wildman–Crippen LogP) is 1.55. The first-order valence-electron chi connectivity index (χ1n) is 6.19. The van der Waals surface area contributed by atoms with E-state index in [2.05, 4.69) is 11.4 Å². The minimum absolute atomic E-state index is 0.00902. The third-order valence-electron chi connectivity index (χ3n) is 3.58. The Hall–Kier alpha value is -1.00. The molecule has 0 aliphatic heterocycles. The molecule has 0 saturated carbocycles. The summed E-state index contributed by atoms with van der Waals surface area (Å²) in [5.41, 5.74) is 2.42. The van der Waals surface area contributed by atoms with Crippen LogP contribution in [-0.2, 0) is 11.2 Å². The molecule has 98 valence electrons. The maximum atomic E-state index is 12.1. The van der Waals surface area contributed by atoms with Gasteiger partial charge in [-0.15, -0.1) is 0 Å². The Labute approximate surface area is 112 Å². The number of hydrogen-bond acceptors (Lipinski definition) is 3. The Kier molecular flexibility index (Phi) is 4.30. The largest absolute Gasteiger partial charge is 0.395 e. The first kappa shape index (κ1) is 13.4. The summed E-state index contributed by atoms with van der Waals surface area (Å²) >= 11 is 1.58. The number of aliphatic hydroxyl groups is 1. The highest BCUT2D eigenvalue weighted by Crippen LogP contribution is 2.34. The monoisotopic (exact) mass is 265 g/mol. The Morgan fingerprint density at radius 1 is 1.56 bits per heavy atom. The van der Waals surface area contributed by atoms with Gasteiger partial charge in [0.1, 0.15) is 0 Å². The highest BCUT2D eigenvalue weighted by atomic mass is 32.2. The van der Waals surface area contributed by atoms with Gasteiger partial charge < -0.3 is 10.4 Å². The Balaban J connectivity index is 1.95. The molecule has 3 unspecified atom stereocenters. The van der Waals surface area contributed by atoms with Crippen LogP contribution in [0.4, 0.5) is 0 Å². The smallest absolute Gasteiger partial charge is 0.228 e. The molecule has 1 aromatic rings. The van der Waals surface area contributed by atoms with Crippen LogP contribution in [0.5, 0.6) is 0 Å². The number of rotatable bonds is 5. The van der Waals surface area contributed by atoms with Crippen molar-refractivity contribution < 1.29 is 9.90 Å². The van der Waals surface area contributed by atoms with Gasteiger partial charge in [0.2, 0.25) is 5.91 Å². The molecule has 1 amide bonds. The molecule has 1 aliphatic carbocycles. The standard InChI is InChI=1S/C14H19NO2S/c1-9(13(8-16)18-2)15-14(17)12-7-10-5-3-4-6-11(10)12/h3-6,9,12-13,16H,7-8H2,1-2H3,(H,15,17). The third-order valence-corrected chi connectivity index (χ3v) is 4.74. The maximum absolute atomic E-state index is 12.1. The van der Waals surface area contributed by atoms with Gasteiger partial charge in [0.25, 0.3) is 0 Å².